The minimum Gasteiger partial charge on any atom is -0.338 e. The molecule has 2 aromatic rings. The third-order valence-corrected chi connectivity index (χ3v) is 5.86. The number of hydrazine groups is 1. The maximum absolute atomic E-state index is 12.4. The van der Waals surface area contributed by atoms with Gasteiger partial charge in [-0.1, -0.05) is 16.8 Å². The van der Waals surface area contributed by atoms with Gasteiger partial charge in [-0.15, -0.1) is 0 Å². The molecular formula is C19H21ClN6O2. The molecule has 1 aromatic carbocycles. The molecule has 1 aromatic heterocycles. The highest BCUT2D eigenvalue weighted by Gasteiger charge is 2.44. The summed E-state index contributed by atoms with van der Waals surface area (Å²) in [6.45, 7) is 2.56. The molecule has 1 amide bonds. The monoisotopic (exact) mass is 400 g/mol. The molecule has 2 saturated heterocycles. The van der Waals surface area contributed by atoms with Crippen LogP contribution in [0.4, 0.5) is 0 Å². The molecule has 0 aliphatic carbocycles. The Bertz CT molecular complexity index is 905. The van der Waals surface area contributed by atoms with E-state index < -0.39 is 0 Å². The van der Waals surface area contributed by atoms with E-state index in [1.807, 2.05) is 12.1 Å². The van der Waals surface area contributed by atoms with Crippen LogP contribution in [0.5, 0.6) is 0 Å². The van der Waals surface area contributed by atoms with Gasteiger partial charge in [0.2, 0.25) is 17.6 Å². The molecule has 3 N–H and O–H groups in total. The van der Waals surface area contributed by atoms with E-state index in [0.717, 1.165) is 37.2 Å². The smallest absolute Gasteiger partial charge is 0.247 e. The van der Waals surface area contributed by atoms with Crippen molar-refractivity contribution < 1.29 is 9.32 Å². The van der Waals surface area contributed by atoms with E-state index in [0.29, 0.717) is 29.2 Å². The van der Waals surface area contributed by atoms with Crippen molar-refractivity contribution in [2.75, 3.05) is 19.6 Å². The van der Waals surface area contributed by atoms with Gasteiger partial charge in [0.15, 0.2) is 0 Å². The molecule has 9 heteroatoms. The second-order valence-corrected chi connectivity index (χ2v) is 7.79. The second-order valence-electron chi connectivity index (χ2n) is 7.35. The molecule has 0 radical (unpaired) electrons. The lowest BCUT2D eigenvalue weighted by Crippen LogP contribution is -2.53. The van der Waals surface area contributed by atoms with Gasteiger partial charge >= 0.3 is 0 Å². The normalized spacial score (nSPS) is 25.4. The summed E-state index contributed by atoms with van der Waals surface area (Å²) in [5.41, 5.74) is 5.31. The van der Waals surface area contributed by atoms with Crippen LogP contribution in [0.2, 0.25) is 5.02 Å². The summed E-state index contributed by atoms with van der Waals surface area (Å²) >= 11 is 5.95. The van der Waals surface area contributed by atoms with E-state index in [4.69, 9.17) is 16.1 Å². The predicted molar refractivity (Wildman–Crippen MR) is 103 cm³/mol. The van der Waals surface area contributed by atoms with E-state index >= 15 is 0 Å². The van der Waals surface area contributed by atoms with E-state index in [1.54, 1.807) is 18.2 Å². The van der Waals surface area contributed by atoms with Gasteiger partial charge in [0.1, 0.15) is 6.17 Å². The number of amides is 1. The molecular weight excluding hydrogens is 380 g/mol. The van der Waals surface area contributed by atoms with Crippen LogP contribution >= 0.6 is 11.6 Å². The number of nitrogens with zero attached hydrogens (tertiary/aromatic N) is 3. The molecule has 2 atom stereocenters. The Kier molecular flexibility index (Phi) is 4.54. The van der Waals surface area contributed by atoms with Crippen molar-refractivity contribution in [1.29, 1.82) is 0 Å². The highest BCUT2D eigenvalue weighted by Crippen LogP contribution is 2.35. The molecule has 0 spiro atoms. The highest BCUT2D eigenvalue weighted by atomic mass is 35.5. The summed E-state index contributed by atoms with van der Waals surface area (Å²) in [5, 5.41) is 13.3. The van der Waals surface area contributed by atoms with Crippen molar-refractivity contribution in [3.63, 3.8) is 0 Å². The fourth-order valence-electron chi connectivity index (χ4n) is 4.15. The van der Waals surface area contributed by atoms with E-state index in [1.165, 1.54) is 0 Å². The average molecular weight is 401 g/mol. The first-order chi connectivity index (χ1) is 13.7. The average Bonchev–Trinajstić information content (AvgIpc) is 3.35. The first kappa shape index (κ1) is 17.7. The molecule has 2 unspecified atom stereocenters. The third-order valence-electron chi connectivity index (χ3n) is 5.61. The number of benzene rings is 1. The number of hydrogen-bond acceptors (Lipinski definition) is 7. The Hall–Kier alpha value is -2.42. The first-order valence-electron chi connectivity index (χ1n) is 9.54. The summed E-state index contributed by atoms with van der Waals surface area (Å²) in [7, 11) is 0. The second kappa shape index (κ2) is 7.20. The Balaban J connectivity index is 1.39. The van der Waals surface area contributed by atoms with Crippen molar-refractivity contribution in [1.82, 2.24) is 31.2 Å². The van der Waals surface area contributed by atoms with Gasteiger partial charge in [0.05, 0.1) is 5.92 Å². The zero-order valence-corrected chi connectivity index (χ0v) is 15.9. The van der Waals surface area contributed by atoms with Crippen molar-refractivity contribution in [3.05, 3.63) is 47.0 Å². The fourth-order valence-corrected chi connectivity index (χ4v) is 4.28. The van der Waals surface area contributed by atoms with Crippen LogP contribution in [0, 0.1) is 5.92 Å². The van der Waals surface area contributed by atoms with Crippen LogP contribution in [-0.2, 0) is 4.79 Å². The van der Waals surface area contributed by atoms with Crippen LogP contribution in [0.3, 0.4) is 0 Å². The van der Waals surface area contributed by atoms with Gasteiger partial charge in [-0.25, -0.2) is 5.43 Å². The zero-order valence-electron chi connectivity index (χ0n) is 15.2. The van der Waals surface area contributed by atoms with Crippen LogP contribution in [0.25, 0.3) is 11.4 Å². The molecule has 0 bridgehead atoms. The van der Waals surface area contributed by atoms with Gasteiger partial charge in [-0.3, -0.25) is 9.80 Å². The van der Waals surface area contributed by atoms with E-state index in [-0.39, 0.29) is 18.0 Å². The highest BCUT2D eigenvalue weighted by molar-refractivity contribution is 6.30. The van der Waals surface area contributed by atoms with Crippen LogP contribution in [-0.4, -0.2) is 46.9 Å². The Labute approximate surface area is 167 Å². The largest absolute Gasteiger partial charge is 0.338 e. The number of carbonyl (C=O) groups excluding carboxylic acids is 1. The van der Waals surface area contributed by atoms with Gasteiger partial charge in [0, 0.05) is 34.8 Å². The Morgan fingerprint density at radius 3 is 2.75 bits per heavy atom. The third kappa shape index (κ3) is 3.17. The lowest BCUT2D eigenvalue weighted by Gasteiger charge is -2.38. The molecule has 5 rings (SSSR count). The van der Waals surface area contributed by atoms with Crippen molar-refractivity contribution in [3.8, 4) is 11.4 Å². The summed E-state index contributed by atoms with van der Waals surface area (Å²) in [4.78, 5) is 16.9. The van der Waals surface area contributed by atoms with Crippen molar-refractivity contribution in [2.45, 2.75) is 24.9 Å². The maximum Gasteiger partial charge on any atom is 0.247 e. The molecule has 28 heavy (non-hydrogen) atoms. The number of halogens is 1. The number of rotatable bonds is 3. The SMILES string of the molecule is O=C1C=C(C2CCNCC2)N2NCC(c3nc(-c4ccc(Cl)cc4)no3)C2N1. The number of hydrogen-bond donors (Lipinski definition) is 3. The number of piperidine rings is 1. The molecule has 4 heterocycles. The maximum atomic E-state index is 12.4. The van der Waals surface area contributed by atoms with E-state index in [9.17, 15) is 4.79 Å². The van der Waals surface area contributed by atoms with Gasteiger partial charge in [-0.05, 0) is 50.2 Å². The fraction of sp³-hybridized carbons (Fsp3) is 0.421. The number of aromatic nitrogens is 2. The van der Waals surface area contributed by atoms with Crippen LogP contribution < -0.4 is 16.1 Å². The Morgan fingerprint density at radius 1 is 1.18 bits per heavy atom. The quantitative estimate of drug-likeness (QED) is 0.720. The van der Waals surface area contributed by atoms with Gasteiger partial charge < -0.3 is 15.2 Å². The zero-order chi connectivity index (χ0) is 19.1. The predicted octanol–water partition coefficient (Wildman–Crippen LogP) is 1.63. The number of allylic oxidation sites excluding steroid dienone is 1. The van der Waals surface area contributed by atoms with Crippen LogP contribution in [0.15, 0.2) is 40.6 Å². The lowest BCUT2D eigenvalue weighted by atomic mass is 9.92. The topological polar surface area (TPSA) is 95.3 Å². The van der Waals surface area contributed by atoms with Crippen molar-refractivity contribution >= 4 is 17.5 Å². The molecule has 3 aliphatic rings. The lowest BCUT2D eigenvalue weighted by molar-refractivity contribution is -0.119. The van der Waals surface area contributed by atoms with Crippen molar-refractivity contribution in [2.24, 2.45) is 5.92 Å². The minimum absolute atomic E-state index is 0.0686. The number of nitrogens with one attached hydrogen (secondary N) is 3. The molecule has 0 saturated carbocycles. The first-order valence-corrected chi connectivity index (χ1v) is 9.92. The summed E-state index contributed by atoms with van der Waals surface area (Å²) in [5.74, 6) is 1.20. The summed E-state index contributed by atoms with van der Waals surface area (Å²) in [6.07, 6.45) is 3.53. The summed E-state index contributed by atoms with van der Waals surface area (Å²) < 4.78 is 5.56. The van der Waals surface area contributed by atoms with Gasteiger partial charge in [-0.2, -0.15) is 4.98 Å². The number of carbonyl (C=O) groups is 1. The molecule has 2 fully saturated rings. The standard InChI is InChI=1S/C19H21ClN6O2/c20-13-3-1-12(2-4-13)17-24-19(28-25-17)14-10-22-26-15(9-16(27)23-18(14)26)11-5-7-21-8-6-11/h1-4,9,11,14,18,21-22H,5-8,10H2,(H,23,27). The Morgan fingerprint density at radius 2 is 1.96 bits per heavy atom. The molecule has 3 aliphatic heterocycles. The van der Waals surface area contributed by atoms with Crippen LogP contribution in [0.1, 0.15) is 24.7 Å². The minimum atomic E-state index is -0.235. The number of fused-ring (bicyclic) bond motifs is 1. The summed E-state index contributed by atoms with van der Waals surface area (Å²) in [6, 6.07) is 7.31. The van der Waals surface area contributed by atoms with E-state index in [2.05, 4.69) is 31.2 Å². The molecule has 146 valence electrons. The molecule has 8 nitrogen and oxygen atoms in total. The van der Waals surface area contributed by atoms with Gasteiger partial charge in [0.25, 0.3) is 0 Å².